The first-order valence-corrected chi connectivity index (χ1v) is 8.77. The Bertz CT molecular complexity index is 798. The molecule has 0 saturated carbocycles. The summed E-state index contributed by atoms with van der Waals surface area (Å²) in [5, 5.41) is 3.01. The number of amides is 1. The summed E-state index contributed by atoms with van der Waals surface area (Å²) in [5.41, 5.74) is 2.01. The molecule has 1 N–H and O–H groups in total. The van der Waals surface area contributed by atoms with Crippen LogP contribution < -0.4 is 15.6 Å². The lowest BCUT2D eigenvalue weighted by Crippen LogP contribution is -2.32. The highest BCUT2D eigenvalue weighted by molar-refractivity contribution is 5.75. The number of rotatable bonds is 5. The van der Waals surface area contributed by atoms with Crippen molar-refractivity contribution in [2.75, 3.05) is 13.2 Å². The highest BCUT2D eigenvalue weighted by Crippen LogP contribution is 2.26. The van der Waals surface area contributed by atoms with Gasteiger partial charge in [0.15, 0.2) is 0 Å². The Balaban J connectivity index is 1.50. The van der Waals surface area contributed by atoms with E-state index in [9.17, 15) is 9.59 Å². The third kappa shape index (κ3) is 4.50. The molecule has 0 radical (unpaired) electrons. The van der Waals surface area contributed by atoms with Gasteiger partial charge in [-0.2, -0.15) is 0 Å². The lowest BCUT2D eigenvalue weighted by Gasteiger charge is -2.15. The molecule has 2 aromatic rings. The molecule has 1 aliphatic heterocycles. The number of benzene rings is 1. The number of carbonyl (C=O) groups is 1. The maximum Gasteiger partial charge on any atom is 0.250 e. The third-order valence-corrected chi connectivity index (χ3v) is 4.68. The second-order valence-corrected chi connectivity index (χ2v) is 6.53. The molecule has 25 heavy (non-hydrogen) atoms. The molecule has 0 bridgehead atoms. The first-order valence-electron chi connectivity index (χ1n) is 8.77. The van der Waals surface area contributed by atoms with Gasteiger partial charge in [-0.1, -0.05) is 24.3 Å². The van der Waals surface area contributed by atoms with Crippen LogP contribution in [-0.4, -0.2) is 23.6 Å². The molecule has 1 aromatic carbocycles. The van der Waals surface area contributed by atoms with Crippen molar-refractivity contribution in [1.82, 2.24) is 9.88 Å². The largest absolute Gasteiger partial charge is 0.493 e. The van der Waals surface area contributed by atoms with Crippen molar-refractivity contribution in [3.05, 3.63) is 64.1 Å². The van der Waals surface area contributed by atoms with Gasteiger partial charge in [-0.15, -0.1) is 0 Å². The van der Waals surface area contributed by atoms with E-state index in [4.69, 9.17) is 4.74 Å². The zero-order valence-corrected chi connectivity index (χ0v) is 14.5. The average Bonchev–Trinajstić information content (AvgIpc) is 2.81. The van der Waals surface area contributed by atoms with Crippen LogP contribution in [0.3, 0.4) is 0 Å². The first-order chi connectivity index (χ1) is 12.1. The number of carbonyl (C=O) groups excluding carboxylic acids is 1. The predicted octanol–water partition coefficient (Wildman–Crippen LogP) is 2.30. The molecular weight excluding hydrogens is 316 g/mol. The van der Waals surface area contributed by atoms with Crippen molar-refractivity contribution in [2.45, 2.75) is 32.7 Å². The van der Waals surface area contributed by atoms with Gasteiger partial charge in [-0.05, 0) is 43.4 Å². The summed E-state index contributed by atoms with van der Waals surface area (Å²) in [6.45, 7) is 3.60. The van der Waals surface area contributed by atoms with E-state index < -0.39 is 0 Å². The van der Waals surface area contributed by atoms with E-state index in [1.165, 1.54) is 11.6 Å². The van der Waals surface area contributed by atoms with Crippen LogP contribution in [0.5, 0.6) is 5.75 Å². The van der Waals surface area contributed by atoms with E-state index in [1.54, 1.807) is 10.6 Å². The average molecular weight is 340 g/mol. The van der Waals surface area contributed by atoms with Crippen LogP contribution in [0.15, 0.2) is 47.3 Å². The van der Waals surface area contributed by atoms with Gasteiger partial charge >= 0.3 is 0 Å². The molecule has 132 valence electrons. The zero-order chi connectivity index (χ0) is 17.6. The molecule has 0 saturated heterocycles. The summed E-state index contributed by atoms with van der Waals surface area (Å²) in [6.07, 6.45) is 2.14. The van der Waals surface area contributed by atoms with Gasteiger partial charge in [-0.3, -0.25) is 9.59 Å². The second kappa shape index (κ2) is 8.01. The molecule has 5 heteroatoms. The van der Waals surface area contributed by atoms with Crippen molar-refractivity contribution < 1.29 is 9.53 Å². The van der Waals surface area contributed by atoms with Crippen LogP contribution in [0.25, 0.3) is 0 Å². The highest BCUT2D eigenvalue weighted by Gasteiger charge is 2.18. The Hall–Kier alpha value is -2.56. The zero-order valence-electron chi connectivity index (χ0n) is 14.5. The summed E-state index contributed by atoms with van der Waals surface area (Å²) >= 11 is 0. The Morgan fingerprint density at radius 2 is 2.08 bits per heavy atom. The minimum atomic E-state index is -0.0645. The lowest BCUT2D eigenvalue weighted by atomic mass is 9.97. The molecule has 5 nitrogen and oxygen atoms in total. The molecule has 0 unspecified atom stereocenters. The summed E-state index contributed by atoms with van der Waals surface area (Å²) in [5.74, 6) is 1.30. The lowest BCUT2D eigenvalue weighted by molar-refractivity contribution is -0.121. The Morgan fingerprint density at radius 1 is 1.24 bits per heavy atom. The SMILES string of the molecule is Cc1cccc(=O)n1CCC(=O)NC[C@H]1CCOc2ccccc2C1. The summed E-state index contributed by atoms with van der Waals surface area (Å²) in [6, 6.07) is 13.2. The van der Waals surface area contributed by atoms with Crippen LogP contribution in [0.4, 0.5) is 0 Å². The van der Waals surface area contributed by atoms with E-state index in [1.807, 2.05) is 31.2 Å². The minimum Gasteiger partial charge on any atom is -0.493 e. The van der Waals surface area contributed by atoms with E-state index in [2.05, 4.69) is 11.4 Å². The molecule has 0 aliphatic carbocycles. The Labute approximate surface area is 147 Å². The van der Waals surface area contributed by atoms with Gasteiger partial charge in [0.2, 0.25) is 5.91 Å². The predicted molar refractivity (Wildman–Crippen MR) is 96.8 cm³/mol. The quantitative estimate of drug-likeness (QED) is 0.908. The summed E-state index contributed by atoms with van der Waals surface area (Å²) < 4.78 is 7.40. The molecular formula is C20H24N2O3. The minimum absolute atomic E-state index is 0.0198. The molecule has 0 fully saturated rings. The number of aryl methyl sites for hydroxylation is 1. The van der Waals surface area contributed by atoms with Crippen molar-refractivity contribution in [1.29, 1.82) is 0 Å². The van der Waals surface area contributed by atoms with Crippen LogP contribution >= 0.6 is 0 Å². The van der Waals surface area contributed by atoms with Gasteiger partial charge in [0, 0.05) is 31.3 Å². The number of ether oxygens (including phenoxy) is 1. The first kappa shape index (κ1) is 17.3. The molecule has 2 heterocycles. The standard InChI is InChI=1S/C20H24N2O3/c1-15-5-4-8-20(24)22(15)11-9-19(23)21-14-16-10-12-25-18-7-3-2-6-17(18)13-16/h2-8,16H,9-14H2,1H3,(H,21,23)/t16-/m0/s1. The van der Waals surface area contributed by atoms with Crippen LogP contribution in [0.2, 0.25) is 0 Å². The normalized spacial score (nSPS) is 16.4. The fraction of sp³-hybridized carbons (Fsp3) is 0.400. The third-order valence-electron chi connectivity index (χ3n) is 4.68. The van der Waals surface area contributed by atoms with Crippen molar-refractivity contribution in [3.8, 4) is 5.75 Å². The molecule has 1 aromatic heterocycles. The fourth-order valence-electron chi connectivity index (χ4n) is 3.21. The van der Waals surface area contributed by atoms with Crippen LogP contribution in [0.1, 0.15) is 24.1 Å². The number of nitrogens with zero attached hydrogens (tertiary/aromatic N) is 1. The fourth-order valence-corrected chi connectivity index (χ4v) is 3.21. The highest BCUT2D eigenvalue weighted by atomic mass is 16.5. The molecule has 0 spiro atoms. The maximum absolute atomic E-state index is 12.2. The van der Waals surface area contributed by atoms with Crippen LogP contribution in [-0.2, 0) is 17.8 Å². The number of fused-ring (bicyclic) bond motifs is 1. The monoisotopic (exact) mass is 340 g/mol. The van der Waals surface area contributed by atoms with E-state index in [0.717, 1.165) is 24.3 Å². The van der Waals surface area contributed by atoms with E-state index in [-0.39, 0.29) is 11.5 Å². The van der Waals surface area contributed by atoms with E-state index >= 15 is 0 Å². The van der Waals surface area contributed by atoms with Crippen LogP contribution in [0, 0.1) is 12.8 Å². The van der Waals surface area contributed by atoms with Gasteiger partial charge in [0.05, 0.1) is 6.61 Å². The Kier molecular flexibility index (Phi) is 5.53. The molecule has 3 rings (SSSR count). The molecule has 1 aliphatic rings. The van der Waals surface area contributed by atoms with Crippen molar-refractivity contribution in [3.63, 3.8) is 0 Å². The van der Waals surface area contributed by atoms with Gasteiger partial charge < -0.3 is 14.6 Å². The molecule has 1 atom stereocenters. The number of nitrogens with one attached hydrogen (secondary N) is 1. The number of para-hydroxylation sites is 1. The number of hydrogen-bond acceptors (Lipinski definition) is 3. The smallest absolute Gasteiger partial charge is 0.250 e. The topological polar surface area (TPSA) is 60.3 Å². The van der Waals surface area contributed by atoms with E-state index in [0.29, 0.717) is 32.0 Å². The summed E-state index contributed by atoms with van der Waals surface area (Å²) in [7, 11) is 0. The van der Waals surface area contributed by atoms with Gasteiger partial charge in [0.1, 0.15) is 5.75 Å². The molecule has 1 amide bonds. The number of aromatic nitrogens is 1. The van der Waals surface area contributed by atoms with Gasteiger partial charge in [-0.25, -0.2) is 0 Å². The van der Waals surface area contributed by atoms with Crippen molar-refractivity contribution in [2.24, 2.45) is 5.92 Å². The maximum atomic E-state index is 12.2. The van der Waals surface area contributed by atoms with Crippen molar-refractivity contribution >= 4 is 5.91 Å². The van der Waals surface area contributed by atoms with Gasteiger partial charge in [0.25, 0.3) is 5.56 Å². The number of pyridine rings is 1. The number of hydrogen-bond donors (Lipinski definition) is 1. The second-order valence-electron chi connectivity index (χ2n) is 6.53. The Morgan fingerprint density at radius 3 is 2.92 bits per heavy atom. The summed E-state index contributed by atoms with van der Waals surface area (Å²) in [4.78, 5) is 24.0.